The zero-order valence-corrected chi connectivity index (χ0v) is 17.3. The lowest BCUT2D eigenvalue weighted by atomic mass is 10.0. The number of rotatable bonds is 5. The average molecular weight is 404 g/mol. The number of anilines is 1. The van der Waals surface area contributed by atoms with Crippen LogP contribution in [0, 0.1) is 0 Å². The number of carbonyl (C=O) groups excluding carboxylic acids is 1. The Morgan fingerprint density at radius 1 is 1.13 bits per heavy atom. The van der Waals surface area contributed by atoms with E-state index in [2.05, 4.69) is 15.0 Å². The molecular formula is C22H24N6O2. The van der Waals surface area contributed by atoms with Crippen molar-refractivity contribution in [3.05, 3.63) is 60.3 Å². The normalized spacial score (nSPS) is 15.8. The molecule has 0 bridgehead atoms. The molecule has 30 heavy (non-hydrogen) atoms. The van der Waals surface area contributed by atoms with Crippen LogP contribution in [0.15, 0.2) is 49.1 Å². The summed E-state index contributed by atoms with van der Waals surface area (Å²) < 4.78 is 5.10. The summed E-state index contributed by atoms with van der Waals surface area (Å²) in [5, 5.41) is 0. The number of hydrogen-bond donors (Lipinski definition) is 0. The highest BCUT2D eigenvalue weighted by molar-refractivity contribution is 5.94. The number of carbonyl (C=O) groups is 1. The van der Waals surface area contributed by atoms with Crippen LogP contribution in [-0.4, -0.2) is 58.5 Å². The van der Waals surface area contributed by atoms with Crippen LogP contribution in [0.4, 0.5) is 5.95 Å². The number of likely N-dealkylation sites (tertiary alicyclic amines) is 1. The summed E-state index contributed by atoms with van der Waals surface area (Å²) in [4.78, 5) is 34.7. The van der Waals surface area contributed by atoms with Crippen LogP contribution < -0.4 is 9.64 Å². The third kappa shape index (κ3) is 3.80. The Kier molecular flexibility index (Phi) is 5.56. The molecule has 1 unspecified atom stereocenters. The lowest BCUT2D eigenvalue weighted by Crippen LogP contribution is -2.31. The maximum absolute atomic E-state index is 13.3. The average Bonchev–Trinajstić information content (AvgIpc) is 3.28. The fourth-order valence-corrected chi connectivity index (χ4v) is 3.70. The zero-order chi connectivity index (χ0) is 21.1. The summed E-state index contributed by atoms with van der Waals surface area (Å²) in [6.07, 6.45) is 8.65. The minimum Gasteiger partial charge on any atom is -0.481 e. The summed E-state index contributed by atoms with van der Waals surface area (Å²) in [5.74, 6) is 1.04. The molecule has 0 N–H and O–H groups in total. The number of ether oxygens (including phenoxy) is 1. The quantitative estimate of drug-likeness (QED) is 0.646. The van der Waals surface area contributed by atoms with Crippen molar-refractivity contribution in [1.82, 2.24) is 24.8 Å². The van der Waals surface area contributed by atoms with Gasteiger partial charge in [0.2, 0.25) is 11.8 Å². The summed E-state index contributed by atoms with van der Waals surface area (Å²) in [5.41, 5.74) is 3.29. The number of amides is 1. The molecule has 0 aromatic carbocycles. The van der Waals surface area contributed by atoms with Crippen LogP contribution in [0.1, 0.15) is 34.9 Å². The molecular weight excluding hydrogens is 380 g/mol. The highest BCUT2D eigenvalue weighted by Gasteiger charge is 2.34. The van der Waals surface area contributed by atoms with Crippen molar-refractivity contribution >= 4 is 11.9 Å². The minimum atomic E-state index is -0.135. The van der Waals surface area contributed by atoms with Gasteiger partial charge in [0.05, 0.1) is 24.4 Å². The molecule has 0 radical (unpaired) electrons. The second-order valence-corrected chi connectivity index (χ2v) is 7.35. The van der Waals surface area contributed by atoms with Gasteiger partial charge in [0.1, 0.15) is 0 Å². The molecule has 3 aromatic rings. The first kappa shape index (κ1) is 19.8. The monoisotopic (exact) mass is 404 g/mol. The molecule has 154 valence electrons. The summed E-state index contributed by atoms with van der Waals surface area (Å²) in [7, 11) is 5.37. The Balaban J connectivity index is 1.73. The predicted molar refractivity (Wildman–Crippen MR) is 113 cm³/mol. The second kappa shape index (κ2) is 8.44. The Morgan fingerprint density at radius 3 is 2.60 bits per heavy atom. The van der Waals surface area contributed by atoms with Gasteiger partial charge < -0.3 is 14.5 Å². The molecule has 1 fully saturated rings. The minimum absolute atomic E-state index is 0.0571. The van der Waals surface area contributed by atoms with Crippen molar-refractivity contribution in [2.24, 2.45) is 0 Å². The molecule has 8 nitrogen and oxygen atoms in total. The van der Waals surface area contributed by atoms with E-state index >= 15 is 0 Å². The molecule has 0 spiro atoms. The van der Waals surface area contributed by atoms with E-state index in [1.807, 2.05) is 42.2 Å². The maximum atomic E-state index is 13.3. The molecule has 1 saturated heterocycles. The first-order valence-corrected chi connectivity index (χ1v) is 9.84. The van der Waals surface area contributed by atoms with Crippen LogP contribution in [0.25, 0.3) is 11.1 Å². The van der Waals surface area contributed by atoms with Crippen LogP contribution in [0.5, 0.6) is 5.88 Å². The lowest BCUT2D eigenvalue weighted by Gasteiger charge is -2.27. The van der Waals surface area contributed by atoms with Gasteiger partial charge >= 0.3 is 0 Å². The molecule has 1 amide bonds. The Morgan fingerprint density at radius 2 is 1.93 bits per heavy atom. The molecule has 8 heteroatoms. The molecule has 1 aliphatic heterocycles. The summed E-state index contributed by atoms with van der Waals surface area (Å²) >= 11 is 0. The van der Waals surface area contributed by atoms with Gasteiger partial charge in [0.15, 0.2) is 0 Å². The Labute approximate surface area is 175 Å². The SMILES string of the molecule is COc1ccc(C(=O)N2CCCC2c2nc(N(C)C)ncc2-c2ccncc2)cn1. The standard InChI is InChI=1S/C22H24N6O2/c1-27(2)22-25-14-17(15-8-10-23-11-9-15)20(26-22)18-5-4-12-28(18)21(29)16-6-7-19(30-3)24-13-16/h6-11,13-14,18H,4-5,12H2,1-3H3. The van der Waals surface area contributed by atoms with E-state index in [9.17, 15) is 4.79 Å². The number of hydrogen-bond acceptors (Lipinski definition) is 7. The molecule has 3 aromatic heterocycles. The van der Waals surface area contributed by atoms with Crippen LogP contribution >= 0.6 is 0 Å². The highest BCUT2D eigenvalue weighted by atomic mass is 16.5. The van der Waals surface area contributed by atoms with Crippen molar-refractivity contribution < 1.29 is 9.53 Å². The van der Waals surface area contributed by atoms with Gasteiger partial charge in [0, 0.05) is 57.1 Å². The fraction of sp³-hybridized carbons (Fsp3) is 0.318. The second-order valence-electron chi connectivity index (χ2n) is 7.35. The van der Waals surface area contributed by atoms with E-state index in [1.165, 1.54) is 0 Å². The van der Waals surface area contributed by atoms with Gasteiger partial charge in [-0.05, 0) is 36.6 Å². The van der Waals surface area contributed by atoms with Crippen LogP contribution in [-0.2, 0) is 0 Å². The maximum Gasteiger partial charge on any atom is 0.255 e. The number of pyridine rings is 2. The van der Waals surface area contributed by atoms with Gasteiger partial charge in [-0.1, -0.05) is 0 Å². The van der Waals surface area contributed by atoms with Crippen molar-refractivity contribution in [3.63, 3.8) is 0 Å². The smallest absolute Gasteiger partial charge is 0.255 e. The van der Waals surface area contributed by atoms with E-state index in [0.717, 1.165) is 29.7 Å². The topological polar surface area (TPSA) is 84.3 Å². The van der Waals surface area contributed by atoms with E-state index in [0.29, 0.717) is 23.9 Å². The van der Waals surface area contributed by atoms with Gasteiger partial charge in [-0.2, -0.15) is 0 Å². The fourth-order valence-electron chi connectivity index (χ4n) is 3.70. The molecule has 0 saturated carbocycles. The molecule has 1 aliphatic rings. The van der Waals surface area contributed by atoms with Crippen molar-refractivity contribution in [1.29, 1.82) is 0 Å². The van der Waals surface area contributed by atoms with E-state index in [4.69, 9.17) is 9.72 Å². The predicted octanol–water partition coefficient (Wildman–Crippen LogP) is 2.99. The van der Waals surface area contributed by atoms with Gasteiger partial charge in [-0.15, -0.1) is 0 Å². The number of nitrogens with zero attached hydrogens (tertiary/aromatic N) is 6. The first-order valence-electron chi connectivity index (χ1n) is 9.84. The van der Waals surface area contributed by atoms with Gasteiger partial charge in [-0.25, -0.2) is 15.0 Å². The van der Waals surface area contributed by atoms with Crippen molar-refractivity contribution in [2.45, 2.75) is 18.9 Å². The Hall–Kier alpha value is -3.55. The summed E-state index contributed by atoms with van der Waals surface area (Å²) in [6.45, 7) is 0.673. The zero-order valence-electron chi connectivity index (χ0n) is 17.3. The number of aromatic nitrogens is 4. The van der Waals surface area contributed by atoms with Crippen LogP contribution in [0.2, 0.25) is 0 Å². The van der Waals surface area contributed by atoms with Gasteiger partial charge in [-0.3, -0.25) is 9.78 Å². The van der Waals surface area contributed by atoms with Gasteiger partial charge in [0.25, 0.3) is 5.91 Å². The third-order valence-corrected chi connectivity index (χ3v) is 5.22. The molecule has 0 aliphatic carbocycles. The largest absolute Gasteiger partial charge is 0.481 e. The van der Waals surface area contributed by atoms with Crippen molar-refractivity contribution in [2.75, 3.05) is 32.6 Å². The summed E-state index contributed by atoms with van der Waals surface area (Å²) in [6, 6.07) is 7.19. The molecule has 4 heterocycles. The van der Waals surface area contributed by atoms with Crippen LogP contribution in [0.3, 0.4) is 0 Å². The molecule has 1 atom stereocenters. The lowest BCUT2D eigenvalue weighted by molar-refractivity contribution is 0.0732. The first-order chi connectivity index (χ1) is 14.6. The van der Waals surface area contributed by atoms with E-state index in [1.54, 1.807) is 37.8 Å². The molecule has 4 rings (SSSR count). The number of methoxy groups -OCH3 is 1. The van der Waals surface area contributed by atoms with E-state index < -0.39 is 0 Å². The Bertz CT molecular complexity index is 1020. The van der Waals surface area contributed by atoms with E-state index in [-0.39, 0.29) is 11.9 Å². The third-order valence-electron chi connectivity index (χ3n) is 5.22. The highest BCUT2D eigenvalue weighted by Crippen LogP contribution is 2.37. The van der Waals surface area contributed by atoms with Crippen molar-refractivity contribution in [3.8, 4) is 17.0 Å².